The molecule has 3 amide bonds. The SMILES string of the molecule is Cc1oc(=O)oc1CCCOC(=O)C(C)(C)COS(=O)(=O)ON1C(=O)N2C[C@H]1CC[C@H]2C(N)=O. The van der Waals surface area contributed by atoms with Crippen LogP contribution < -0.4 is 11.6 Å². The largest absolute Gasteiger partial charge is 0.519 e. The first kappa shape index (κ1) is 25.7. The molecule has 3 heterocycles. The molecule has 0 radical (unpaired) electrons. The number of fused-ring (bicyclic) bond motifs is 2. The summed E-state index contributed by atoms with van der Waals surface area (Å²) in [4.78, 5) is 48.5. The van der Waals surface area contributed by atoms with E-state index >= 15 is 0 Å². The zero-order valence-electron chi connectivity index (χ0n) is 19.0. The van der Waals surface area contributed by atoms with Gasteiger partial charge in [-0.25, -0.2) is 13.8 Å². The highest BCUT2D eigenvalue weighted by Gasteiger charge is 2.49. The summed E-state index contributed by atoms with van der Waals surface area (Å²) >= 11 is 0. The van der Waals surface area contributed by atoms with Crippen LogP contribution in [-0.4, -0.2) is 68.1 Å². The quantitative estimate of drug-likeness (QED) is 0.314. The summed E-state index contributed by atoms with van der Waals surface area (Å²) in [6.45, 7) is 3.89. The average Bonchev–Trinajstić information content (AvgIpc) is 3.19. The first-order valence-electron chi connectivity index (χ1n) is 10.6. The Hall–Kier alpha value is -2.91. The van der Waals surface area contributed by atoms with Gasteiger partial charge in [0.2, 0.25) is 5.91 Å². The lowest BCUT2D eigenvalue weighted by Crippen LogP contribution is -2.47. The third-order valence-corrected chi connectivity index (χ3v) is 6.31. The van der Waals surface area contributed by atoms with Crippen molar-refractivity contribution in [2.24, 2.45) is 11.1 Å². The van der Waals surface area contributed by atoms with Gasteiger partial charge in [-0.15, -0.1) is 4.28 Å². The van der Waals surface area contributed by atoms with Gasteiger partial charge in [-0.3, -0.25) is 9.59 Å². The van der Waals surface area contributed by atoms with Gasteiger partial charge in [-0.05, 0) is 40.0 Å². The summed E-state index contributed by atoms with van der Waals surface area (Å²) in [7, 11) is -4.70. The lowest BCUT2D eigenvalue weighted by molar-refractivity contribution is -0.156. The maximum Gasteiger partial charge on any atom is 0.519 e. The molecule has 0 aromatic carbocycles. The second-order valence-corrected chi connectivity index (χ2v) is 9.91. The third-order valence-electron chi connectivity index (χ3n) is 5.56. The highest BCUT2D eigenvalue weighted by molar-refractivity contribution is 7.81. The Morgan fingerprint density at radius 1 is 1.21 bits per heavy atom. The fraction of sp³-hybridized carbons (Fsp3) is 0.684. The number of nitrogens with two attached hydrogens (primary N) is 1. The van der Waals surface area contributed by atoms with E-state index in [1.54, 1.807) is 6.92 Å². The Labute approximate surface area is 195 Å². The van der Waals surface area contributed by atoms with Crippen LogP contribution in [0.25, 0.3) is 0 Å². The molecule has 2 aliphatic heterocycles. The van der Waals surface area contributed by atoms with Gasteiger partial charge in [0.05, 0.1) is 24.7 Å². The number of aryl methyl sites for hydroxylation is 2. The van der Waals surface area contributed by atoms with Gasteiger partial charge in [0.1, 0.15) is 17.6 Å². The van der Waals surface area contributed by atoms with E-state index in [0.29, 0.717) is 35.8 Å². The predicted octanol–water partition coefficient (Wildman–Crippen LogP) is -0.00988. The maximum atomic E-state index is 12.5. The molecule has 2 bridgehead atoms. The maximum absolute atomic E-state index is 12.5. The van der Waals surface area contributed by atoms with E-state index in [9.17, 15) is 27.6 Å². The van der Waals surface area contributed by atoms with E-state index in [1.165, 1.54) is 13.8 Å². The number of rotatable bonds is 11. The number of amides is 3. The lowest BCUT2D eigenvalue weighted by Gasteiger charge is -2.27. The van der Waals surface area contributed by atoms with Gasteiger partial charge in [0, 0.05) is 13.0 Å². The van der Waals surface area contributed by atoms with E-state index in [2.05, 4.69) is 0 Å². The molecule has 0 saturated carbocycles. The summed E-state index contributed by atoms with van der Waals surface area (Å²) in [5.41, 5.74) is 3.93. The molecule has 0 spiro atoms. The van der Waals surface area contributed by atoms with Crippen LogP contribution in [0.4, 0.5) is 4.79 Å². The molecule has 15 heteroatoms. The van der Waals surface area contributed by atoms with E-state index in [-0.39, 0.29) is 19.6 Å². The second kappa shape index (κ2) is 9.76. The van der Waals surface area contributed by atoms with Crippen LogP contribution >= 0.6 is 0 Å². The van der Waals surface area contributed by atoms with Crippen molar-refractivity contribution in [1.82, 2.24) is 9.96 Å². The number of hydrogen-bond acceptors (Lipinski definition) is 11. The zero-order valence-corrected chi connectivity index (χ0v) is 19.8. The minimum atomic E-state index is -4.70. The highest BCUT2D eigenvalue weighted by Crippen LogP contribution is 2.31. The molecule has 0 aliphatic carbocycles. The molecule has 2 N–H and O–H groups in total. The summed E-state index contributed by atoms with van der Waals surface area (Å²) < 4.78 is 49.0. The molecule has 1 aromatic heterocycles. The molecule has 14 nitrogen and oxygen atoms in total. The van der Waals surface area contributed by atoms with Gasteiger partial charge in [0.25, 0.3) is 0 Å². The number of urea groups is 1. The number of ether oxygens (including phenoxy) is 1. The second-order valence-electron chi connectivity index (χ2n) is 8.71. The number of hydrogen-bond donors (Lipinski definition) is 1. The molecule has 190 valence electrons. The van der Waals surface area contributed by atoms with Crippen molar-refractivity contribution in [2.45, 2.75) is 58.5 Å². The van der Waals surface area contributed by atoms with Gasteiger partial charge in [-0.2, -0.15) is 13.5 Å². The first-order valence-corrected chi connectivity index (χ1v) is 11.9. The van der Waals surface area contributed by atoms with Gasteiger partial charge in [-0.1, -0.05) is 0 Å². The Balaban J connectivity index is 1.47. The molecule has 2 fully saturated rings. The van der Waals surface area contributed by atoms with E-state index in [4.69, 9.17) is 27.8 Å². The van der Waals surface area contributed by atoms with Crippen molar-refractivity contribution in [1.29, 1.82) is 0 Å². The number of esters is 1. The molecule has 3 rings (SSSR count). The van der Waals surface area contributed by atoms with Crippen LogP contribution in [0.3, 0.4) is 0 Å². The van der Waals surface area contributed by atoms with E-state index < -0.39 is 58.2 Å². The van der Waals surface area contributed by atoms with E-state index in [1.807, 2.05) is 0 Å². The summed E-state index contributed by atoms with van der Waals surface area (Å²) in [6.07, 6.45) is 1.26. The average molecular weight is 506 g/mol. The van der Waals surface area contributed by atoms with Gasteiger partial charge < -0.3 is 24.2 Å². The van der Waals surface area contributed by atoms with Crippen molar-refractivity contribution in [3.63, 3.8) is 0 Å². The highest BCUT2D eigenvalue weighted by atomic mass is 32.3. The molecule has 2 aliphatic rings. The number of nitrogens with zero attached hydrogens (tertiary/aromatic N) is 2. The Morgan fingerprint density at radius 2 is 1.91 bits per heavy atom. The first-order chi connectivity index (χ1) is 15.8. The monoisotopic (exact) mass is 505 g/mol. The van der Waals surface area contributed by atoms with Gasteiger partial charge in [0.15, 0.2) is 0 Å². The van der Waals surface area contributed by atoms with Crippen molar-refractivity contribution in [2.75, 3.05) is 19.8 Å². The standard InChI is InChI=1S/C19H27N3O11S/c1-11-14(32-18(26)31-11)5-4-8-29-16(24)19(2,3)10-30-34(27,28)33-22-12-6-7-13(15(20)23)21(9-12)17(22)25/h12-13H,4-10H2,1-3H3,(H2,20,23)/t12-,13+/m1/s1. The summed E-state index contributed by atoms with van der Waals surface area (Å²) in [6, 6.07) is -2.22. The molecule has 2 atom stereocenters. The lowest BCUT2D eigenvalue weighted by atomic mass is 9.95. The van der Waals surface area contributed by atoms with Crippen LogP contribution in [0.15, 0.2) is 13.6 Å². The number of carbonyl (C=O) groups is 3. The van der Waals surface area contributed by atoms with Gasteiger partial charge >= 0.3 is 28.2 Å². The molecular formula is C19H27N3O11S. The molecular weight excluding hydrogens is 478 g/mol. The van der Waals surface area contributed by atoms with Crippen LogP contribution in [0, 0.1) is 12.3 Å². The van der Waals surface area contributed by atoms with Crippen LogP contribution in [-0.2, 0) is 39.6 Å². The zero-order chi connectivity index (χ0) is 25.3. The fourth-order valence-corrected chi connectivity index (χ4v) is 4.48. The normalized spacial score (nSPS) is 20.6. The molecule has 1 aromatic rings. The van der Waals surface area contributed by atoms with Crippen molar-refractivity contribution >= 4 is 28.3 Å². The molecule has 2 saturated heterocycles. The summed E-state index contributed by atoms with van der Waals surface area (Å²) in [5.74, 6) is -1.52. The minimum Gasteiger partial charge on any atom is -0.465 e. The summed E-state index contributed by atoms with van der Waals surface area (Å²) in [5, 5.41) is 0.653. The fourth-order valence-electron chi connectivity index (χ4n) is 3.62. The Bertz CT molecular complexity index is 1110. The smallest absolute Gasteiger partial charge is 0.465 e. The Morgan fingerprint density at radius 3 is 2.53 bits per heavy atom. The van der Waals surface area contributed by atoms with Crippen LogP contribution in [0.2, 0.25) is 0 Å². The predicted molar refractivity (Wildman–Crippen MR) is 111 cm³/mol. The number of carbonyl (C=O) groups excluding carboxylic acids is 3. The minimum absolute atomic E-state index is 0.0132. The number of hydroxylamine groups is 2. The number of piperidine rings is 1. The topological polar surface area (TPSA) is 189 Å². The van der Waals surface area contributed by atoms with Crippen molar-refractivity contribution in [3.05, 3.63) is 22.1 Å². The molecule has 34 heavy (non-hydrogen) atoms. The van der Waals surface area contributed by atoms with Crippen molar-refractivity contribution < 1.29 is 44.8 Å². The van der Waals surface area contributed by atoms with Crippen LogP contribution in [0.1, 0.15) is 44.6 Å². The van der Waals surface area contributed by atoms with Crippen molar-refractivity contribution in [3.8, 4) is 0 Å². The van der Waals surface area contributed by atoms with Crippen LogP contribution in [0.5, 0.6) is 0 Å². The number of primary amides is 1. The third kappa shape index (κ3) is 5.77. The van der Waals surface area contributed by atoms with E-state index in [0.717, 1.165) is 4.90 Å². The Kier molecular flexibility index (Phi) is 7.38. The molecule has 0 unspecified atom stereocenters.